The lowest BCUT2D eigenvalue weighted by Gasteiger charge is -2.54. The van der Waals surface area contributed by atoms with Crippen molar-refractivity contribution in [3.63, 3.8) is 0 Å². The van der Waals surface area contributed by atoms with Gasteiger partial charge in [0.05, 0.1) is 0 Å². The van der Waals surface area contributed by atoms with Crippen LogP contribution in [0.1, 0.15) is 47.9 Å². The SMILES string of the molecule is CCc1ccccc1CNC1C2CCN(CC2)C1C(c1ccccc1)c1ccccc1. The molecule has 2 bridgehead atoms. The molecule has 0 saturated carbocycles. The molecule has 2 heteroatoms. The largest absolute Gasteiger partial charge is 0.308 e. The van der Waals surface area contributed by atoms with Crippen molar-refractivity contribution in [2.45, 2.75) is 50.7 Å². The highest BCUT2D eigenvalue weighted by Crippen LogP contribution is 2.42. The molecule has 2 unspecified atom stereocenters. The zero-order chi connectivity index (χ0) is 21.0. The number of fused-ring (bicyclic) bond motifs is 3. The van der Waals surface area contributed by atoms with Crippen LogP contribution in [0.25, 0.3) is 0 Å². The first kappa shape index (κ1) is 20.5. The van der Waals surface area contributed by atoms with Crippen LogP contribution in [0.15, 0.2) is 84.9 Å². The monoisotopic (exact) mass is 410 g/mol. The van der Waals surface area contributed by atoms with Crippen LogP contribution < -0.4 is 5.32 Å². The lowest BCUT2D eigenvalue weighted by atomic mass is 9.70. The van der Waals surface area contributed by atoms with Crippen LogP contribution in [0.4, 0.5) is 0 Å². The Morgan fingerprint density at radius 2 is 1.32 bits per heavy atom. The minimum absolute atomic E-state index is 0.393. The molecule has 3 fully saturated rings. The number of benzene rings is 3. The van der Waals surface area contributed by atoms with E-state index < -0.39 is 0 Å². The predicted molar refractivity (Wildman–Crippen MR) is 129 cm³/mol. The fourth-order valence-electron chi connectivity index (χ4n) is 6.00. The molecule has 160 valence electrons. The highest BCUT2D eigenvalue weighted by atomic mass is 15.2. The van der Waals surface area contributed by atoms with Crippen molar-refractivity contribution < 1.29 is 0 Å². The highest BCUT2D eigenvalue weighted by Gasteiger charge is 2.46. The summed E-state index contributed by atoms with van der Waals surface area (Å²) >= 11 is 0. The number of nitrogens with zero attached hydrogens (tertiary/aromatic N) is 1. The second kappa shape index (κ2) is 9.38. The van der Waals surface area contributed by atoms with E-state index in [-0.39, 0.29) is 0 Å². The molecule has 2 atom stereocenters. The summed E-state index contributed by atoms with van der Waals surface area (Å²) in [6.07, 6.45) is 3.73. The number of nitrogens with one attached hydrogen (secondary N) is 1. The Balaban J connectivity index is 1.49. The Hall–Kier alpha value is -2.42. The summed E-state index contributed by atoms with van der Waals surface area (Å²) in [6.45, 7) is 5.69. The van der Waals surface area contributed by atoms with Crippen molar-refractivity contribution in [1.82, 2.24) is 10.2 Å². The fraction of sp³-hybridized carbons (Fsp3) is 0.379. The molecular formula is C29H34N2. The van der Waals surface area contributed by atoms with Gasteiger partial charge in [-0.15, -0.1) is 0 Å². The van der Waals surface area contributed by atoms with Crippen LogP contribution in [-0.4, -0.2) is 30.1 Å². The zero-order valence-corrected chi connectivity index (χ0v) is 18.6. The van der Waals surface area contributed by atoms with Crippen molar-refractivity contribution >= 4 is 0 Å². The van der Waals surface area contributed by atoms with Gasteiger partial charge < -0.3 is 5.32 Å². The summed E-state index contributed by atoms with van der Waals surface area (Å²) in [5, 5.41) is 4.07. The van der Waals surface area contributed by atoms with Crippen LogP contribution in [-0.2, 0) is 13.0 Å². The fourth-order valence-corrected chi connectivity index (χ4v) is 6.00. The third-order valence-electron chi connectivity index (χ3n) is 7.56. The lowest BCUT2D eigenvalue weighted by Crippen LogP contribution is -2.64. The minimum atomic E-state index is 0.393. The van der Waals surface area contributed by atoms with Crippen LogP contribution in [0.3, 0.4) is 0 Å². The van der Waals surface area contributed by atoms with E-state index in [0.717, 1.165) is 18.9 Å². The Morgan fingerprint density at radius 3 is 1.90 bits per heavy atom. The maximum atomic E-state index is 4.07. The van der Waals surface area contributed by atoms with Crippen molar-refractivity contribution in [3.8, 4) is 0 Å². The highest BCUT2D eigenvalue weighted by molar-refractivity contribution is 5.36. The number of aryl methyl sites for hydroxylation is 1. The van der Waals surface area contributed by atoms with E-state index >= 15 is 0 Å². The van der Waals surface area contributed by atoms with E-state index in [1.54, 1.807) is 0 Å². The van der Waals surface area contributed by atoms with Gasteiger partial charge in [0.25, 0.3) is 0 Å². The van der Waals surface area contributed by atoms with Crippen LogP contribution in [0.2, 0.25) is 0 Å². The zero-order valence-electron chi connectivity index (χ0n) is 18.6. The summed E-state index contributed by atoms with van der Waals surface area (Å²) < 4.78 is 0. The first-order valence-electron chi connectivity index (χ1n) is 12.0. The van der Waals surface area contributed by atoms with Gasteiger partial charge in [-0.2, -0.15) is 0 Å². The molecule has 3 aromatic carbocycles. The number of hydrogen-bond donors (Lipinski definition) is 1. The summed E-state index contributed by atoms with van der Waals surface area (Å²) in [5.41, 5.74) is 5.80. The summed E-state index contributed by atoms with van der Waals surface area (Å²) in [6, 6.07) is 32.3. The number of piperidine rings is 3. The van der Waals surface area contributed by atoms with E-state index in [9.17, 15) is 0 Å². The molecule has 3 saturated heterocycles. The van der Waals surface area contributed by atoms with Crippen molar-refractivity contribution in [2.24, 2.45) is 5.92 Å². The molecule has 6 rings (SSSR count). The first-order chi connectivity index (χ1) is 15.3. The van der Waals surface area contributed by atoms with Gasteiger partial charge in [-0.05, 0) is 60.5 Å². The molecule has 0 aromatic heterocycles. The average Bonchev–Trinajstić information content (AvgIpc) is 2.85. The van der Waals surface area contributed by atoms with Crippen LogP contribution >= 0.6 is 0 Å². The predicted octanol–water partition coefficient (Wildman–Crippen LogP) is 5.63. The molecule has 0 amide bonds. The van der Waals surface area contributed by atoms with Gasteiger partial charge in [-0.1, -0.05) is 91.9 Å². The van der Waals surface area contributed by atoms with Crippen LogP contribution in [0, 0.1) is 5.92 Å². The van der Waals surface area contributed by atoms with Crippen molar-refractivity contribution in [2.75, 3.05) is 13.1 Å². The van der Waals surface area contributed by atoms with Crippen LogP contribution in [0.5, 0.6) is 0 Å². The molecule has 0 aliphatic carbocycles. The average molecular weight is 411 g/mol. The molecular weight excluding hydrogens is 376 g/mol. The lowest BCUT2D eigenvalue weighted by molar-refractivity contribution is 0.00466. The van der Waals surface area contributed by atoms with E-state index in [1.165, 1.54) is 48.2 Å². The molecule has 3 aliphatic heterocycles. The second-order valence-corrected chi connectivity index (χ2v) is 9.19. The van der Waals surface area contributed by atoms with Gasteiger partial charge in [-0.3, -0.25) is 4.90 Å². The molecule has 3 aromatic rings. The Kier molecular flexibility index (Phi) is 6.20. The van der Waals surface area contributed by atoms with Gasteiger partial charge in [0.1, 0.15) is 0 Å². The van der Waals surface area contributed by atoms with Gasteiger partial charge in [0.15, 0.2) is 0 Å². The molecule has 0 spiro atoms. The van der Waals surface area contributed by atoms with E-state index in [2.05, 4.69) is 102 Å². The quantitative estimate of drug-likeness (QED) is 0.543. The van der Waals surface area contributed by atoms with E-state index in [4.69, 9.17) is 0 Å². The molecule has 3 heterocycles. The Labute approximate surface area is 187 Å². The smallest absolute Gasteiger partial charge is 0.0361 e. The van der Waals surface area contributed by atoms with E-state index in [0.29, 0.717) is 18.0 Å². The first-order valence-corrected chi connectivity index (χ1v) is 12.0. The maximum absolute atomic E-state index is 4.07. The van der Waals surface area contributed by atoms with E-state index in [1.807, 2.05) is 0 Å². The Bertz CT molecular complexity index is 921. The summed E-state index contributed by atoms with van der Waals surface area (Å²) in [7, 11) is 0. The molecule has 0 radical (unpaired) electrons. The second-order valence-electron chi connectivity index (χ2n) is 9.19. The molecule has 1 N–H and O–H groups in total. The standard InChI is InChI=1S/C29H34N2/c1-2-22-11-9-10-16-26(22)21-30-28-25-17-19-31(20-18-25)29(28)27(23-12-5-3-6-13-23)24-14-7-4-8-15-24/h3-16,25,27-30H,2,17-21H2,1H3. The normalized spacial score (nSPS) is 25.1. The molecule has 2 nitrogen and oxygen atoms in total. The number of rotatable bonds is 7. The van der Waals surface area contributed by atoms with Crippen molar-refractivity contribution in [1.29, 1.82) is 0 Å². The van der Waals surface area contributed by atoms with Gasteiger partial charge >= 0.3 is 0 Å². The topological polar surface area (TPSA) is 15.3 Å². The third-order valence-corrected chi connectivity index (χ3v) is 7.56. The van der Waals surface area contributed by atoms with Gasteiger partial charge in [0, 0.05) is 24.5 Å². The number of hydrogen-bond acceptors (Lipinski definition) is 2. The summed E-state index contributed by atoms with van der Waals surface area (Å²) in [5.74, 6) is 1.16. The van der Waals surface area contributed by atoms with Gasteiger partial charge in [0.2, 0.25) is 0 Å². The molecule has 31 heavy (non-hydrogen) atoms. The maximum Gasteiger partial charge on any atom is 0.0361 e. The summed E-state index contributed by atoms with van der Waals surface area (Å²) in [4.78, 5) is 2.77. The van der Waals surface area contributed by atoms with Crippen molar-refractivity contribution in [3.05, 3.63) is 107 Å². The minimum Gasteiger partial charge on any atom is -0.308 e. The third kappa shape index (κ3) is 4.20. The Morgan fingerprint density at radius 1 is 0.774 bits per heavy atom. The van der Waals surface area contributed by atoms with Gasteiger partial charge in [-0.25, -0.2) is 0 Å². The molecule has 3 aliphatic rings.